The van der Waals surface area contributed by atoms with Gasteiger partial charge in [0.1, 0.15) is 0 Å². The minimum atomic E-state index is -0.728. The largest absolute Gasteiger partial charge is 0.867 e. The number of nitrogens with zero attached hydrogens (tertiary/aromatic N) is 2. The number of aliphatic imine (C=N–C) groups is 1. The maximum Gasteiger partial charge on any atom is 0.338 e. The molecule has 0 atom stereocenters. The number of ether oxygens (including phenoxy) is 1. The summed E-state index contributed by atoms with van der Waals surface area (Å²) in [5.41, 5.74) is 0.523. The van der Waals surface area contributed by atoms with Gasteiger partial charge in [0, 0.05) is 12.3 Å². The highest BCUT2D eigenvalue weighted by Crippen LogP contribution is 2.25. The Bertz CT molecular complexity index is 754. The SMILES string of the molecule is CCOC(=O)c1ccc(N=Cc2cccc([N+](=O)[O-])c2[O-])cc1. The molecule has 0 unspecified atom stereocenters. The van der Waals surface area contributed by atoms with Gasteiger partial charge in [-0.05, 0) is 42.5 Å². The number of nitro groups is 1. The molecular formula is C16H13N2O5-. The van der Waals surface area contributed by atoms with Crippen LogP contribution in [0.25, 0.3) is 0 Å². The summed E-state index contributed by atoms with van der Waals surface area (Å²) < 4.78 is 4.87. The van der Waals surface area contributed by atoms with Crippen molar-refractivity contribution < 1.29 is 19.6 Å². The van der Waals surface area contributed by atoms with Gasteiger partial charge in [-0.25, -0.2) is 4.79 Å². The van der Waals surface area contributed by atoms with Gasteiger partial charge in [-0.1, -0.05) is 12.1 Å². The van der Waals surface area contributed by atoms with Crippen molar-refractivity contribution in [3.05, 3.63) is 63.7 Å². The molecule has 7 heteroatoms. The highest BCUT2D eigenvalue weighted by Gasteiger charge is 2.08. The zero-order valence-electron chi connectivity index (χ0n) is 12.3. The second-order valence-electron chi connectivity index (χ2n) is 4.48. The van der Waals surface area contributed by atoms with Gasteiger partial charge in [0.25, 0.3) is 5.69 Å². The van der Waals surface area contributed by atoms with Gasteiger partial charge < -0.3 is 9.84 Å². The first-order valence-electron chi connectivity index (χ1n) is 6.78. The second kappa shape index (κ2) is 7.17. The lowest BCUT2D eigenvalue weighted by Crippen LogP contribution is -2.03. The third kappa shape index (κ3) is 3.91. The van der Waals surface area contributed by atoms with Gasteiger partial charge in [0.15, 0.2) is 0 Å². The van der Waals surface area contributed by atoms with E-state index < -0.39 is 22.3 Å². The highest BCUT2D eigenvalue weighted by molar-refractivity contribution is 5.90. The van der Waals surface area contributed by atoms with Crippen molar-refractivity contribution in [3.63, 3.8) is 0 Å². The molecule has 0 aliphatic carbocycles. The lowest BCUT2D eigenvalue weighted by Gasteiger charge is -2.09. The van der Waals surface area contributed by atoms with E-state index in [1.807, 2.05) is 0 Å². The maximum absolute atomic E-state index is 11.9. The summed E-state index contributed by atoms with van der Waals surface area (Å²) in [4.78, 5) is 25.6. The molecule has 118 valence electrons. The topological polar surface area (TPSA) is 105 Å². The molecule has 0 heterocycles. The molecule has 0 saturated heterocycles. The Morgan fingerprint density at radius 3 is 2.57 bits per heavy atom. The van der Waals surface area contributed by atoms with Crippen molar-refractivity contribution in [1.82, 2.24) is 0 Å². The average molecular weight is 313 g/mol. The molecule has 0 bridgehead atoms. The fourth-order valence-electron chi connectivity index (χ4n) is 1.83. The van der Waals surface area contributed by atoms with Crippen molar-refractivity contribution in [1.29, 1.82) is 0 Å². The van der Waals surface area contributed by atoms with Crippen LogP contribution in [0.4, 0.5) is 11.4 Å². The monoisotopic (exact) mass is 313 g/mol. The summed E-state index contributed by atoms with van der Waals surface area (Å²) in [6, 6.07) is 10.3. The highest BCUT2D eigenvalue weighted by atomic mass is 16.6. The predicted octanol–water partition coefficient (Wildman–Crippen LogP) is 2.60. The van der Waals surface area contributed by atoms with Crippen LogP contribution in [-0.4, -0.2) is 23.7 Å². The molecular weight excluding hydrogens is 300 g/mol. The van der Waals surface area contributed by atoms with Crippen molar-refractivity contribution in [3.8, 4) is 5.75 Å². The zero-order chi connectivity index (χ0) is 16.8. The minimum absolute atomic E-state index is 0.119. The predicted molar refractivity (Wildman–Crippen MR) is 82.2 cm³/mol. The molecule has 0 aromatic heterocycles. The van der Waals surface area contributed by atoms with E-state index in [2.05, 4.69) is 4.99 Å². The van der Waals surface area contributed by atoms with Gasteiger partial charge in [0.2, 0.25) is 0 Å². The fourth-order valence-corrected chi connectivity index (χ4v) is 1.83. The molecule has 0 radical (unpaired) electrons. The number of benzene rings is 2. The molecule has 2 rings (SSSR count). The van der Waals surface area contributed by atoms with Crippen LogP contribution in [0.3, 0.4) is 0 Å². The fraction of sp³-hybridized carbons (Fsp3) is 0.125. The first-order chi connectivity index (χ1) is 11.0. The van der Waals surface area contributed by atoms with Crippen LogP contribution in [-0.2, 0) is 4.74 Å². The van der Waals surface area contributed by atoms with E-state index in [9.17, 15) is 20.0 Å². The molecule has 0 saturated carbocycles. The number of carbonyl (C=O) groups excluding carboxylic acids is 1. The van der Waals surface area contributed by atoms with Crippen LogP contribution < -0.4 is 5.11 Å². The zero-order valence-corrected chi connectivity index (χ0v) is 12.3. The van der Waals surface area contributed by atoms with Crippen LogP contribution in [0.5, 0.6) is 5.75 Å². The average Bonchev–Trinajstić information content (AvgIpc) is 2.54. The van der Waals surface area contributed by atoms with Gasteiger partial charge in [0.05, 0.1) is 22.8 Å². The lowest BCUT2D eigenvalue weighted by molar-refractivity contribution is -0.398. The molecule has 0 N–H and O–H groups in total. The van der Waals surface area contributed by atoms with Crippen molar-refractivity contribution >= 4 is 23.6 Å². The Labute approximate surface area is 132 Å². The summed E-state index contributed by atoms with van der Waals surface area (Å²) in [5.74, 6) is -1.12. The van der Waals surface area contributed by atoms with Crippen LogP contribution >= 0.6 is 0 Å². The van der Waals surface area contributed by atoms with E-state index >= 15 is 0 Å². The summed E-state index contributed by atoms with van der Waals surface area (Å²) in [7, 11) is 0. The third-order valence-electron chi connectivity index (χ3n) is 2.95. The van der Waals surface area contributed by atoms with E-state index in [0.29, 0.717) is 11.3 Å². The number of para-hydroxylation sites is 1. The van der Waals surface area contributed by atoms with E-state index in [0.717, 1.165) is 6.07 Å². The molecule has 0 fully saturated rings. The molecule has 2 aromatic rings. The molecule has 0 aliphatic rings. The van der Waals surface area contributed by atoms with Gasteiger partial charge in [-0.2, -0.15) is 0 Å². The smallest absolute Gasteiger partial charge is 0.338 e. The summed E-state index contributed by atoms with van der Waals surface area (Å²) in [5, 5.41) is 22.6. The molecule has 23 heavy (non-hydrogen) atoms. The number of nitro benzene ring substituents is 1. The Balaban J connectivity index is 2.19. The Kier molecular flexibility index (Phi) is 5.03. The minimum Gasteiger partial charge on any atom is -0.867 e. The standard InChI is InChI=1S/C16H14N2O5/c1-2-23-16(20)11-6-8-13(9-7-11)17-10-12-4-3-5-14(15(12)19)18(21)22/h3-10,19H,2H2,1H3/p-1. The normalized spacial score (nSPS) is 10.7. The molecule has 0 aliphatic heterocycles. The third-order valence-corrected chi connectivity index (χ3v) is 2.95. The Morgan fingerprint density at radius 2 is 1.96 bits per heavy atom. The Hall–Kier alpha value is -3.22. The summed E-state index contributed by atoms with van der Waals surface area (Å²) in [6.45, 7) is 2.01. The number of esters is 1. The van der Waals surface area contributed by atoms with Gasteiger partial charge in [-0.15, -0.1) is 0 Å². The lowest BCUT2D eigenvalue weighted by atomic mass is 10.2. The quantitative estimate of drug-likeness (QED) is 0.365. The molecule has 2 aromatic carbocycles. The van der Waals surface area contributed by atoms with E-state index in [4.69, 9.17) is 4.74 Å². The number of hydrogen-bond donors (Lipinski definition) is 0. The van der Waals surface area contributed by atoms with Gasteiger partial charge in [-0.3, -0.25) is 15.1 Å². The molecule has 0 amide bonds. The van der Waals surface area contributed by atoms with Crippen LogP contribution in [0, 0.1) is 10.1 Å². The van der Waals surface area contributed by atoms with Crippen LogP contribution in [0.2, 0.25) is 0 Å². The van der Waals surface area contributed by atoms with Gasteiger partial charge >= 0.3 is 5.97 Å². The summed E-state index contributed by atoms with van der Waals surface area (Å²) in [6.07, 6.45) is 1.26. The van der Waals surface area contributed by atoms with Crippen LogP contribution in [0.15, 0.2) is 47.5 Å². The first-order valence-corrected chi connectivity index (χ1v) is 6.78. The van der Waals surface area contributed by atoms with Crippen LogP contribution in [0.1, 0.15) is 22.8 Å². The number of carbonyl (C=O) groups is 1. The van der Waals surface area contributed by atoms with E-state index in [1.54, 1.807) is 31.2 Å². The van der Waals surface area contributed by atoms with E-state index in [1.165, 1.54) is 18.3 Å². The summed E-state index contributed by atoms with van der Waals surface area (Å²) >= 11 is 0. The van der Waals surface area contributed by atoms with Crippen molar-refractivity contribution in [2.24, 2.45) is 4.99 Å². The number of hydrogen-bond acceptors (Lipinski definition) is 6. The van der Waals surface area contributed by atoms with Crippen molar-refractivity contribution in [2.45, 2.75) is 6.92 Å². The second-order valence-corrected chi connectivity index (χ2v) is 4.48. The molecule has 7 nitrogen and oxygen atoms in total. The number of rotatable bonds is 5. The first kappa shape index (κ1) is 16.2. The van der Waals surface area contributed by atoms with Crippen molar-refractivity contribution in [2.75, 3.05) is 6.61 Å². The Morgan fingerprint density at radius 1 is 1.26 bits per heavy atom. The molecule has 0 spiro atoms. The van der Waals surface area contributed by atoms with E-state index in [-0.39, 0.29) is 12.2 Å². The maximum atomic E-state index is 11.9.